The lowest BCUT2D eigenvalue weighted by Gasteiger charge is -2.61. The Morgan fingerprint density at radius 3 is 2.59 bits per heavy atom. The monoisotopic (exact) mass is 474 g/mol. The second-order valence-corrected chi connectivity index (χ2v) is 13.8. The van der Waals surface area contributed by atoms with Crippen molar-refractivity contribution in [3.8, 4) is 0 Å². The molecule has 34 heavy (non-hydrogen) atoms. The van der Waals surface area contributed by atoms with Gasteiger partial charge in [-0.1, -0.05) is 34.1 Å². The molecule has 1 saturated heterocycles. The van der Waals surface area contributed by atoms with Crippen LogP contribution >= 0.6 is 0 Å². The largest absolute Gasteiger partial charge is 0.463 e. The van der Waals surface area contributed by atoms with Gasteiger partial charge in [-0.15, -0.1) is 0 Å². The third kappa shape index (κ3) is 4.07. The molecule has 5 fully saturated rings. The Morgan fingerprint density at radius 1 is 1.09 bits per heavy atom. The van der Waals surface area contributed by atoms with E-state index in [9.17, 15) is 9.90 Å². The van der Waals surface area contributed by atoms with Gasteiger partial charge in [-0.3, -0.25) is 4.79 Å². The summed E-state index contributed by atoms with van der Waals surface area (Å²) in [5.74, 6) is 4.93. The molecule has 0 spiro atoms. The number of carbonyl (C=O) groups is 1. The predicted octanol–water partition coefficient (Wildman–Crippen LogP) is 6.39. The summed E-state index contributed by atoms with van der Waals surface area (Å²) in [6.07, 6.45) is 14.6. The molecule has 194 valence electrons. The molecule has 12 atom stereocenters. The van der Waals surface area contributed by atoms with Crippen LogP contribution in [-0.4, -0.2) is 36.0 Å². The number of ether oxygens (including phenoxy) is 2. The van der Waals surface area contributed by atoms with Crippen LogP contribution in [-0.2, 0) is 14.3 Å². The van der Waals surface area contributed by atoms with Gasteiger partial charge in [0.1, 0.15) is 6.10 Å². The fraction of sp³-hybridized carbons (Fsp3) is 0.967. The number of aliphatic hydroxyl groups excluding tert-OH is 1. The van der Waals surface area contributed by atoms with E-state index in [-0.39, 0.29) is 12.1 Å². The lowest BCUT2D eigenvalue weighted by atomic mass is 9.44. The molecule has 0 bridgehead atoms. The zero-order valence-corrected chi connectivity index (χ0v) is 22.4. The molecule has 1 aliphatic heterocycles. The smallest absolute Gasteiger partial charge is 0.302 e. The van der Waals surface area contributed by atoms with Gasteiger partial charge in [-0.25, -0.2) is 0 Å². The average molecular weight is 475 g/mol. The number of fused-ring (bicyclic) bond motifs is 7. The van der Waals surface area contributed by atoms with Crippen molar-refractivity contribution < 1.29 is 19.4 Å². The average Bonchev–Trinajstić information content (AvgIpc) is 3.27. The fourth-order valence-electron chi connectivity index (χ4n) is 10.3. The number of hydrogen-bond acceptors (Lipinski definition) is 4. The molecule has 0 aromatic heterocycles. The molecule has 4 aliphatic carbocycles. The number of esters is 1. The lowest BCUT2D eigenvalue weighted by Crippen LogP contribution is -2.54. The van der Waals surface area contributed by atoms with Crippen LogP contribution in [0.4, 0.5) is 0 Å². The minimum atomic E-state index is -0.108. The van der Waals surface area contributed by atoms with Gasteiger partial charge >= 0.3 is 5.97 Å². The highest BCUT2D eigenvalue weighted by atomic mass is 16.5. The highest BCUT2D eigenvalue weighted by Crippen LogP contribution is 2.70. The topological polar surface area (TPSA) is 55.8 Å². The first-order valence-corrected chi connectivity index (χ1v) is 14.6. The van der Waals surface area contributed by atoms with Crippen molar-refractivity contribution in [3.05, 3.63) is 0 Å². The second-order valence-electron chi connectivity index (χ2n) is 13.8. The molecule has 1 heterocycles. The van der Waals surface area contributed by atoms with E-state index in [1.165, 1.54) is 44.9 Å². The Bertz CT molecular complexity index is 752. The van der Waals surface area contributed by atoms with E-state index >= 15 is 0 Å². The fourth-order valence-corrected chi connectivity index (χ4v) is 10.3. The van der Waals surface area contributed by atoms with E-state index in [1.54, 1.807) is 6.92 Å². The molecular formula is C30H50O4. The van der Waals surface area contributed by atoms with Crippen LogP contribution in [0.15, 0.2) is 0 Å². The Kier molecular flexibility index (Phi) is 6.90. The van der Waals surface area contributed by atoms with Gasteiger partial charge in [-0.2, -0.15) is 0 Å². The summed E-state index contributed by atoms with van der Waals surface area (Å²) in [4.78, 5) is 11.5. The van der Waals surface area contributed by atoms with Crippen LogP contribution in [0.25, 0.3) is 0 Å². The van der Waals surface area contributed by atoms with Gasteiger partial charge in [-0.05, 0) is 116 Å². The van der Waals surface area contributed by atoms with Crippen molar-refractivity contribution in [2.45, 2.75) is 124 Å². The van der Waals surface area contributed by atoms with E-state index in [1.807, 2.05) is 0 Å². The van der Waals surface area contributed by atoms with Gasteiger partial charge in [0.2, 0.25) is 0 Å². The van der Waals surface area contributed by atoms with Crippen LogP contribution in [0.2, 0.25) is 0 Å². The molecule has 4 saturated carbocycles. The zero-order chi connectivity index (χ0) is 24.3. The van der Waals surface area contributed by atoms with Crippen molar-refractivity contribution in [3.63, 3.8) is 0 Å². The molecule has 0 aromatic rings. The Balaban J connectivity index is 1.26. The maximum Gasteiger partial charge on any atom is 0.302 e. The van der Waals surface area contributed by atoms with Gasteiger partial charge in [0.15, 0.2) is 0 Å². The Hall–Kier alpha value is -0.610. The lowest BCUT2D eigenvalue weighted by molar-refractivity contribution is -0.160. The predicted molar refractivity (Wildman–Crippen MR) is 134 cm³/mol. The van der Waals surface area contributed by atoms with E-state index in [2.05, 4.69) is 27.7 Å². The second kappa shape index (κ2) is 9.36. The van der Waals surface area contributed by atoms with Gasteiger partial charge in [0, 0.05) is 13.5 Å². The molecule has 12 unspecified atom stereocenters. The normalized spacial score (nSPS) is 50.6. The van der Waals surface area contributed by atoms with Crippen LogP contribution in [0.3, 0.4) is 0 Å². The summed E-state index contributed by atoms with van der Waals surface area (Å²) in [5, 5.41) is 9.36. The van der Waals surface area contributed by atoms with Crippen molar-refractivity contribution in [2.75, 3.05) is 6.61 Å². The molecule has 5 aliphatic rings. The Morgan fingerprint density at radius 2 is 1.85 bits per heavy atom. The minimum Gasteiger partial charge on any atom is -0.463 e. The number of carbonyl (C=O) groups excluding carboxylic acids is 1. The third-order valence-electron chi connectivity index (χ3n) is 12.0. The zero-order valence-electron chi connectivity index (χ0n) is 22.4. The number of hydrogen-bond donors (Lipinski definition) is 1. The summed E-state index contributed by atoms with van der Waals surface area (Å²) in [5.41, 5.74) is 0.869. The Labute approximate surface area is 207 Å². The van der Waals surface area contributed by atoms with Gasteiger partial charge in [0.05, 0.1) is 12.2 Å². The quantitative estimate of drug-likeness (QED) is 0.453. The van der Waals surface area contributed by atoms with Crippen molar-refractivity contribution in [1.82, 2.24) is 0 Å². The summed E-state index contributed by atoms with van der Waals surface area (Å²) in [6, 6.07) is 0. The first-order valence-electron chi connectivity index (χ1n) is 14.6. The highest BCUT2D eigenvalue weighted by molar-refractivity contribution is 5.66. The molecule has 4 heteroatoms. The van der Waals surface area contributed by atoms with Crippen molar-refractivity contribution in [1.29, 1.82) is 0 Å². The molecule has 0 radical (unpaired) electrons. The molecule has 0 amide bonds. The standard InChI is InChI=1S/C30H50O4/c1-18(17-31)7-6-8-26-19(2)28-27(34-26)16-25-23-10-9-21-15-22(33-20(3)32)11-13-29(21,4)24(23)12-14-30(25,28)5/h18-19,21-28,31H,6-17H2,1-5H3. The van der Waals surface area contributed by atoms with Gasteiger partial charge in [0.25, 0.3) is 0 Å². The van der Waals surface area contributed by atoms with Gasteiger partial charge < -0.3 is 14.6 Å². The first kappa shape index (κ1) is 25.1. The maximum atomic E-state index is 11.5. The summed E-state index contributed by atoms with van der Waals surface area (Å²) >= 11 is 0. The molecule has 4 nitrogen and oxygen atoms in total. The van der Waals surface area contributed by atoms with Crippen LogP contribution in [0.5, 0.6) is 0 Å². The third-order valence-corrected chi connectivity index (χ3v) is 12.0. The van der Waals surface area contributed by atoms with Crippen LogP contribution in [0, 0.1) is 52.3 Å². The summed E-state index contributed by atoms with van der Waals surface area (Å²) < 4.78 is 12.5. The maximum absolute atomic E-state index is 11.5. The summed E-state index contributed by atoms with van der Waals surface area (Å²) in [7, 11) is 0. The van der Waals surface area contributed by atoms with E-state index < -0.39 is 0 Å². The minimum absolute atomic E-state index is 0.108. The molecule has 5 rings (SSSR count). The number of aliphatic hydroxyl groups is 1. The SMILES string of the molecule is CC(=O)OC1CCC2(C)C(CCC3C2CCC2(C)C3CC3OC(CCCC(C)CO)C(C)C32)C1. The van der Waals surface area contributed by atoms with Crippen LogP contribution < -0.4 is 0 Å². The highest BCUT2D eigenvalue weighted by Gasteiger charge is 2.65. The van der Waals surface area contributed by atoms with E-state index in [0.717, 1.165) is 55.3 Å². The number of rotatable bonds is 6. The van der Waals surface area contributed by atoms with E-state index in [4.69, 9.17) is 9.47 Å². The molecule has 1 N–H and O–H groups in total. The van der Waals surface area contributed by atoms with E-state index in [0.29, 0.717) is 41.5 Å². The first-order chi connectivity index (χ1) is 16.2. The van der Waals surface area contributed by atoms with Crippen LogP contribution in [0.1, 0.15) is 105 Å². The molecular weight excluding hydrogens is 424 g/mol. The molecule has 0 aromatic carbocycles. The van der Waals surface area contributed by atoms with Crippen molar-refractivity contribution >= 4 is 5.97 Å². The van der Waals surface area contributed by atoms with Crippen molar-refractivity contribution in [2.24, 2.45) is 52.3 Å². The summed E-state index contributed by atoms with van der Waals surface area (Å²) in [6.45, 7) is 11.7.